The maximum Gasteiger partial charge on any atom is 0.252 e. The van der Waals surface area contributed by atoms with Crippen molar-refractivity contribution < 1.29 is 4.74 Å². The number of aromatic nitrogens is 3. The van der Waals surface area contributed by atoms with Crippen molar-refractivity contribution in [2.45, 2.75) is 6.54 Å². The molecular weight excluding hydrogens is 290 g/mol. The molecule has 0 aliphatic heterocycles. The van der Waals surface area contributed by atoms with Crippen LogP contribution in [0.25, 0.3) is 11.0 Å². The minimum atomic E-state index is -0.117. The van der Waals surface area contributed by atoms with Gasteiger partial charge in [-0.2, -0.15) is 0 Å². The predicted octanol–water partition coefficient (Wildman–Crippen LogP) is 2.50. The van der Waals surface area contributed by atoms with E-state index in [1.54, 1.807) is 36.1 Å². The monoisotopic (exact) mass is 301 g/mol. The molecule has 6 heteroatoms. The standard InChI is InChI=1S/C15H12ClN3O2/c1-21-13-4-2-10(6-12(13)16)8-19-14(20)5-3-11-7-17-9-18-15(11)19/h2-7,9H,8H2,1H3. The lowest BCUT2D eigenvalue weighted by Gasteiger charge is -2.10. The topological polar surface area (TPSA) is 57.0 Å². The molecule has 0 saturated carbocycles. The molecule has 3 aromatic rings. The van der Waals surface area contributed by atoms with Crippen LogP contribution in [0.15, 0.2) is 47.7 Å². The normalized spacial score (nSPS) is 10.8. The highest BCUT2D eigenvalue weighted by Crippen LogP contribution is 2.25. The maximum atomic E-state index is 12.1. The zero-order chi connectivity index (χ0) is 14.8. The first-order chi connectivity index (χ1) is 10.2. The van der Waals surface area contributed by atoms with Crippen LogP contribution in [0.3, 0.4) is 0 Å². The molecule has 0 atom stereocenters. The van der Waals surface area contributed by atoms with Crippen molar-refractivity contribution in [3.05, 3.63) is 63.8 Å². The number of pyridine rings is 1. The van der Waals surface area contributed by atoms with Crippen LogP contribution in [0.1, 0.15) is 5.56 Å². The molecule has 0 fully saturated rings. The highest BCUT2D eigenvalue weighted by Gasteiger charge is 2.07. The third kappa shape index (κ3) is 2.60. The van der Waals surface area contributed by atoms with Gasteiger partial charge in [-0.05, 0) is 23.8 Å². The predicted molar refractivity (Wildman–Crippen MR) is 80.9 cm³/mol. The van der Waals surface area contributed by atoms with Crippen LogP contribution >= 0.6 is 11.6 Å². The van der Waals surface area contributed by atoms with E-state index in [-0.39, 0.29) is 5.56 Å². The Balaban J connectivity index is 2.07. The lowest BCUT2D eigenvalue weighted by atomic mass is 10.2. The maximum absolute atomic E-state index is 12.1. The molecule has 1 aromatic carbocycles. The van der Waals surface area contributed by atoms with Gasteiger partial charge in [0.2, 0.25) is 0 Å². The summed E-state index contributed by atoms with van der Waals surface area (Å²) in [6.45, 7) is 0.386. The summed E-state index contributed by atoms with van der Waals surface area (Å²) in [6, 6.07) is 8.67. The van der Waals surface area contributed by atoms with Crippen molar-refractivity contribution in [2.24, 2.45) is 0 Å². The van der Waals surface area contributed by atoms with Crippen molar-refractivity contribution >= 4 is 22.6 Å². The van der Waals surface area contributed by atoms with Gasteiger partial charge in [-0.3, -0.25) is 9.36 Å². The van der Waals surface area contributed by atoms with Crippen LogP contribution in [0.4, 0.5) is 0 Å². The number of rotatable bonds is 3. The molecule has 0 saturated heterocycles. The number of hydrogen-bond acceptors (Lipinski definition) is 4. The summed E-state index contributed by atoms with van der Waals surface area (Å²) in [7, 11) is 1.56. The Morgan fingerprint density at radius 1 is 1.29 bits per heavy atom. The lowest BCUT2D eigenvalue weighted by Crippen LogP contribution is -2.20. The van der Waals surface area contributed by atoms with Crippen LogP contribution in [0.5, 0.6) is 5.75 Å². The van der Waals surface area contributed by atoms with E-state index in [4.69, 9.17) is 16.3 Å². The van der Waals surface area contributed by atoms with Gasteiger partial charge >= 0.3 is 0 Å². The second-order valence-corrected chi connectivity index (χ2v) is 4.94. The van der Waals surface area contributed by atoms with E-state index in [0.717, 1.165) is 10.9 Å². The fourth-order valence-electron chi connectivity index (χ4n) is 2.18. The van der Waals surface area contributed by atoms with E-state index >= 15 is 0 Å². The van der Waals surface area contributed by atoms with Crippen molar-refractivity contribution in [2.75, 3.05) is 7.11 Å². The smallest absolute Gasteiger partial charge is 0.252 e. The highest BCUT2D eigenvalue weighted by atomic mass is 35.5. The highest BCUT2D eigenvalue weighted by molar-refractivity contribution is 6.32. The van der Waals surface area contributed by atoms with E-state index in [1.807, 2.05) is 6.07 Å². The average Bonchev–Trinajstić information content (AvgIpc) is 2.50. The van der Waals surface area contributed by atoms with Crippen LogP contribution < -0.4 is 10.3 Å². The zero-order valence-corrected chi connectivity index (χ0v) is 12.0. The van der Waals surface area contributed by atoms with Gasteiger partial charge in [0.15, 0.2) is 0 Å². The number of benzene rings is 1. The minimum Gasteiger partial charge on any atom is -0.495 e. The first-order valence-electron chi connectivity index (χ1n) is 6.31. The SMILES string of the molecule is COc1ccc(Cn2c(=O)ccc3cncnc32)cc1Cl. The van der Waals surface area contributed by atoms with E-state index in [2.05, 4.69) is 9.97 Å². The lowest BCUT2D eigenvalue weighted by molar-refractivity contribution is 0.415. The van der Waals surface area contributed by atoms with Crippen molar-refractivity contribution in [3.8, 4) is 5.75 Å². The van der Waals surface area contributed by atoms with Crippen LogP contribution in [-0.2, 0) is 6.54 Å². The number of hydrogen-bond donors (Lipinski definition) is 0. The average molecular weight is 302 g/mol. The number of methoxy groups -OCH3 is 1. The van der Waals surface area contributed by atoms with E-state index in [1.165, 1.54) is 12.4 Å². The Kier molecular flexibility index (Phi) is 3.58. The molecule has 0 radical (unpaired) electrons. The molecule has 0 amide bonds. The van der Waals surface area contributed by atoms with E-state index in [0.29, 0.717) is 23.0 Å². The van der Waals surface area contributed by atoms with Gasteiger partial charge in [-0.25, -0.2) is 9.97 Å². The number of halogens is 1. The Bertz CT molecular complexity index is 861. The molecule has 106 valence electrons. The summed E-state index contributed by atoms with van der Waals surface area (Å²) in [4.78, 5) is 20.2. The van der Waals surface area contributed by atoms with Crippen molar-refractivity contribution in [1.82, 2.24) is 14.5 Å². The molecule has 0 aliphatic rings. The van der Waals surface area contributed by atoms with Crippen molar-refractivity contribution in [1.29, 1.82) is 0 Å². The minimum absolute atomic E-state index is 0.117. The van der Waals surface area contributed by atoms with Gasteiger partial charge in [0.25, 0.3) is 5.56 Å². The third-order valence-electron chi connectivity index (χ3n) is 3.20. The van der Waals surface area contributed by atoms with Gasteiger partial charge in [0.05, 0.1) is 18.7 Å². The molecule has 0 aliphatic carbocycles. The van der Waals surface area contributed by atoms with Gasteiger partial charge in [0, 0.05) is 17.6 Å². The van der Waals surface area contributed by atoms with E-state index < -0.39 is 0 Å². The molecule has 3 rings (SSSR count). The quantitative estimate of drug-likeness (QED) is 0.746. The number of nitrogens with zero attached hydrogens (tertiary/aromatic N) is 3. The van der Waals surface area contributed by atoms with Crippen molar-refractivity contribution in [3.63, 3.8) is 0 Å². The van der Waals surface area contributed by atoms with Gasteiger partial charge in [-0.1, -0.05) is 17.7 Å². The fourth-order valence-corrected chi connectivity index (χ4v) is 2.46. The fraction of sp³-hybridized carbons (Fsp3) is 0.133. The first-order valence-corrected chi connectivity index (χ1v) is 6.69. The summed E-state index contributed by atoms with van der Waals surface area (Å²) in [6.07, 6.45) is 3.11. The molecule has 0 N–H and O–H groups in total. The molecule has 5 nitrogen and oxygen atoms in total. The number of fused-ring (bicyclic) bond motifs is 1. The second-order valence-electron chi connectivity index (χ2n) is 4.53. The summed E-state index contributed by atoms with van der Waals surface area (Å²) in [5.74, 6) is 0.605. The van der Waals surface area contributed by atoms with Gasteiger partial charge in [-0.15, -0.1) is 0 Å². The molecule has 21 heavy (non-hydrogen) atoms. The van der Waals surface area contributed by atoms with Gasteiger partial charge < -0.3 is 4.74 Å². The van der Waals surface area contributed by atoms with Crippen LogP contribution in [0, 0.1) is 0 Å². The molecule has 2 aromatic heterocycles. The Morgan fingerprint density at radius 3 is 2.90 bits per heavy atom. The Morgan fingerprint density at radius 2 is 2.14 bits per heavy atom. The molecule has 0 unspecified atom stereocenters. The Hall–Kier alpha value is -2.40. The zero-order valence-electron chi connectivity index (χ0n) is 11.3. The summed E-state index contributed by atoms with van der Waals surface area (Å²) in [5.41, 5.74) is 1.38. The summed E-state index contributed by atoms with van der Waals surface area (Å²) < 4.78 is 6.72. The molecule has 0 spiro atoms. The van der Waals surface area contributed by atoms with Crippen LogP contribution in [-0.4, -0.2) is 21.6 Å². The molecule has 2 heterocycles. The third-order valence-corrected chi connectivity index (χ3v) is 3.50. The molecule has 0 bridgehead atoms. The summed E-state index contributed by atoms with van der Waals surface area (Å²) in [5, 5.41) is 1.33. The first kappa shape index (κ1) is 13.6. The largest absolute Gasteiger partial charge is 0.495 e. The van der Waals surface area contributed by atoms with Crippen LogP contribution in [0.2, 0.25) is 5.02 Å². The number of ether oxygens (including phenoxy) is 1. The summed E-state index contributed by atoms with van der Waals surface area (Å²) >= 11 is 6.12. The second kappa shape index (κ2) is 5.54. The van der Waals surface area contributed by atoms with E-state index in [9.17, 15) is 4.79 Å². The molecular formula is C15H12ClN3O2. The van der Waals surface area contributed by atoms with Gasteiger partial charge in [0.1, 0.15) is 17.7 Å². The Labute approximate surface area is 125 Å².